The summed E-state index contributed by atoms with van der Waals surface area (Å²) in [5.41, 5.74) is 0.244. The number of aromatic nitrogens is 3. The highest BCUT2D eigenvalue weighted by atomic mass is 16.3. The van der Waals surface area contributed by atoms with Crippen molar-refractivity contribution in [2.45, 2.75) is 97.6 Å². The van der Waals surface area contributed by atoms with Crippen LogP contribution in [0, 0.1) is 40.4 Å². The Kier molecular flexibility index (Phi) is 5.20. The van der Waals surface area contributed by atoms with Gasteiger partial charge in [-0.1, -0.05) is 13.8 Å². The quantitative estimate of drug-likeness (QED) is 0.697. The second-order valence-corrected chi connectivity index (χ2v) is 12.3. The highest BCUT2D eigenvalue weighted by molar-refractivity contribution is 5.91. The first-order chi connectivity index (χ1) is 15.0. The molecule has 6 nitrogen and oxygen atoms in total. The average Bonchev–Trinajstić information content (AvgIpc) is 3.32. The summed E-state index contributed by atoms with van der Waals surface area (Å²) in [6.45, 7) is 8.56. The molecule has 0 radical (unpaired) electrons. The predicted molar refractivity (Wildman–Crippen MR) is 121 cm³/mol. The number of fused-ring (bicyclic) bond motifs is 5. The van der Waals surface area contributed by atoms with Gasteiger partial charge in [-0.25, -0.2) is 0 Å². The third-order valence-electron chi connectivity index (χ3n) is 10.5. The summed E-state index contributed by atoms with van der Waals surface area (Å²) in [6.07, 6.45) is 11.4. The van der Waals surface area contributed by atoms with Gasteiger partial charge in [0.05, 0.1) is 11.8 Å². The highest BCUT2D eigenvalue weighted by Gasteiger charge is 2.61. The van der Waals surface area contributed by atoms with E-state index < -0.39 is 5.60 Å². The van der Waals surface area contributed by atoms with Crippen molar-refractivity contribution in [3.8, 4) is 0 Å². The molecule has 176 valence electrons. The van der Waals surface area contributed by atoms with Crippen LogP contribution in [0.25, 0.3) is 0 Å². The van der Waals surface area contributed by atoms with E-state index in [1.54, 1.807) is 0 Å². The van der Waals surface area contributed by atoms with Crippen molar-refractivity contribution in [2.24, 2.45) is 40.4 Å². The van der Waals surface area contributed by atoms with E-state index in [0.29, 0.717) is 28.9 Å². The third-order valence-corrected chi connectivity index (χ3v) is 10.5. The van der Waals surface area contributed by atoms with E-state index in [1.165, 1.54) is 37.2 Å². The molecule has 1 N–H and O–H groups in total. The summed E-state index contributed by atoms with van der Waals surface area (Å²) in [4.78, 5) is 26.3. The van der Waals surface area contributed by atoms with Crippen molar-refractivity contribution in [1.82, 2.24) is 15.0 Å². The number of aliphatic hydroxyl groups is 1. The standard InChI is InChI=1S/C26H39N3O3/c1-16(30)22-14-27-29(28-22)15-23(31)21-8-7-19-18-6-5-17-13-24(2,32)11-12-25(17,3)20(18)9-10-26(19,21)4/h14,17-21,32H,5-13,15H2,1-4H3/t17-,18+,19+,20+,21-,24-,25+,26+/m1/s1. The number of carbonyl (C=O) groups is 2. The lowest BCUT2D eigenvalue weighted by molar-refractivity contribution is -0.151. The normalized spacial score (nSPS) is 45.6. The van der Waals surface area contributed by atoms with Gasteiger partial charge in [-0.05, 0) is 99.2 Å². The van der Waals surface area contributed by atoms with Crippen molar-refractivity contribution in [2.75, 3.05) is 0 Å². The molecular formula is C26H39N3O3. The predicted octanol–water partition coefficient (Wildman–Crippen LogP) is 4.46. The van der Waals surface area contributed by atoms with Gasteiger partial charge in [-0.15, -0.1) is 5.10 Å². The molecule has 4 aliphatic carbocycles. The maximum atomic E-state index is 13.4. The molecule has 32 heavy (non-hydrogen) atoms. The molecule has 1 aromatic heterocycles. The highest BCUT2D eigenvalue weighted by Crippen LogP contribution is 2.68. The van der Waals surface area contributed by atoms with Crippen LogP contribution in [0.15, 0.2) is 6.20 Å². The molecule has 0 spiro atoms. The molecule has 0 unspecified atom stereocenters. The van der Waals surface area contributed by atoms with E-state index >= 15 is 0 Å². The Bertz CT molecular complexity index is 923. The first-order valence-corrected chi connectivity index (χ1v) is 12.7. The molecule has 0 aromatic carbocycles. The topological polar surface area (TPSA) is 85.1 Å². The molecular weight excluding hydrogens is 402 g/mol. The number of hydrogen-bond acceptors (Lipinski definition) is 5. The van der Waals surface area contributed by atoms with Crippen LogP contribution in [0.4, 0.5) is 0 Å². The van der Waals surface area contributed by atoms with Gasteiger partial charge < -0.3 is 5.11 Å². The van der Waals surface area contributed by atoms with E-state index in [4.69, 9.17) is 0 Å². The van der Waals surface area contributed by atoms with Gasteiger partial charge in [0.15, 0.2) is 11.6 Å². The van der Waals surface area contributed by atoms with E-state index in [2.05, 4.69) is 24.0 Å². The molecule has 5 rings (SSSR count). The van der Waals surface area contributed by atoms with Crippen molar-refractivity contribution in [3.63, 3.8) is 0 Å². The molecule has 0 aliphatic heterocycles. The van der Waals surface area contributed by atoms with Crippen LogP contribution in [0.1, 0.15) is 96.0 Å². The van der Waals surface area contributed by atoms with Crippen molar-refractivity contribution in [1.29, 1.82) is 0 Å². The smallest absolute Gasteiger partial charge is 0.181 e. The Labute approximate surface area is 191 Å². The van der Waals surface area contributed by atoms with Gasteiger partial charge in [-0.2, -0.15) is 9.90 Å². The van der Waals surface area contributed by atoms with E-state index in [9.17, 15) is 14.7 Å². The first kappa shape index (κ1) is 22.2. The zero-order valence-electron chi connectivity index (χ0n) is 20.1. The van der Waals surface area contributed by atoms with Gasteiger partial charge in [0.1, 0.15) is 12.2 Å². The second kappa shape index (κ2) is 7.48. The van der Waals surface area contributed by atoms with E-state index in [1.807, 2.05) is 6.92 Å². The lowest BCUT2D eigenvalue weighted by Crippen LogP contribution is -2.55. The lowest BCUT2D eigenvalue weighted by atomic mass is 9.44. The summed E-state index contributed by atoms with van der Waals surface area (Å²) in [6, 6.07) is 0. The number of nitrogens with zero attached hydrogens (tertiary/aromatic N) is 3. The van der Waals surface area contributed by atoms with Crippen LogP contribution in [0.2, 0.25) is 0 Å². The fourth-order valence-electron chi connectivity index (χ4n) is 8.74. The van der Waals surface area contributed by atoms with Crippen LogP contribution in [-0.2, 0) is 11.3 Å². The number of hydrogen-bond donors (Lipinski definition) is 1. The number of Topliss-reactive ketones (excluding diaryl/α,β-unsaturated/α-hetero) is 2. The first-order valence-electron chi connectivity index (χ1n) is 12.7. The number of ketones is 2. The molecule has 4 fully saturated rings. The molecule has 8 atom stereocenters. The SMILES string of the molecule is CC(=O)c1cnn(CC(=O)[C@H]2CC[C@H]3[C@@H]4CC[C@@H]5C[C@](C)(O)CC[C@]5(C)[C@H]4CC[C@]23C)n1. The molecule has 0 saturated heterocycles. The third kappa shape index (κ3) is 3.39. The minimum atomic E-state index is -0.492. The van der Waals surface area contributed by atoms with Gasteiger partial charge in [0, 0.05) is 12.8 Å². The van der Waals surface area contributed by atoms with Gasteiger partial charge >= 0.3 is 0 Å². The Morgan fingerprint density at radius 1 is 1.03 bits per heavy atom. The second-order valence-electron chi connectivity index (χ2n) is 12.3. The monoisotopic (exact) mass is 441 g/mol. The largest absolute Gasteiger partial charge is 0.390 e. The summed E-state index contributed by atoms with van der Waals surface area (Å²) >= 11 is 0. The summed E-state index contributed by atoms with van der Waals surface area (Å²) < 4.78 is 0. The van der Waals surface area contributed by atoms with Gasteiger partial charge in [-0.3, -0.25) is 9.59 Å². The minimum absolute atomic E-state index is 0.0675. The summed E-state index contributed by atoms with van der Waals surface area (Å²) in [5.74, 6) is 2.87. The van der Waals surface area contributed by atoms with Gasteiger partial charge in [0.2, 0.25) is 0 Å². The number of rotatable bonds is 4. The average molecular weight is 442 g/mol. The van der Waals surface area contributed by atoms with Gasteiger partial charge in [0.25, 0.3) is 0 Å². The molecule has 1 aromatic rings. The molecule has 1 heterocycles. The zero-order chi connectivity index (χ0) is 22.9. The van der Waals surface area contributed by atoms with E-state index in [0.717, 1.165) is 44.4 Å². The van der Waals surface area contributed by atoms with Crippen LogP contribution >= 0.6 is 0 Å². The minimum Gasteiger partial charge on any atom is -0.390 e. The number of carbonyl (C=O) groups excluding carboxylic acids is 2. The summed E-state index contributed by atoms with van der Waals surface area (Å²) in [5, 5.41) is 19.0. The summed E-state index contributed by atoms with van der Waals surface area (Å²) in [7, 11) is 0. The molecule has 6 heteroatoms. The van der Waals surface area contributed by atoms with Crippen LogP contribution < -0.4 is 0 Å². The Hall–Kier alpha value is -1.56. The van der Waals surface area contributed by atoms with Crippen molar-refractivity contribution < 1.29 is 14.7 Å². The maximum Gasteiger partial charge on any atom is 0.181 e. The fraction of sp³-hybridized carbons (Fsp3) is 0.846. The van der Waals surface area contributed by atoms with Crippen LogP contribution in [-0.4, -0.2) is 37.3 Å². The molecule has 0 amide bonds. The Morgan fingerprint density at radius 2 is 1.78 bits per heavy atom. The molecule has 0 bridgehead atoms. The Morgan fingerprint density at radius 3 is 2.50 bits per heavy atom. The zero-order valence-corrected chi connectivity index (χ0v) is 20.1. The molecule has 4 aliphatic rings. The van der Waals surface area contributed by atoms with Crippen LogP contribution in [0.3, 0.4) is 0 Å². The Balaban J connectivity index is 1.32. The van der Waals surface area contributed by atoms with Crippen LogP contribution in [0.5, 0.6) is 0 Å². The maximum absolute atomic E-state index is 13.4. The van der Waals surface area contributed by atoms with E-state index in [-0.39, 0.29) is 29.4 Å². The lowest BCUT2D eigenvalue weighted by Gasteiger charge is -2.61. The van der Waals surface area contributed by atoms with Crippen molar-refractivity contribution in [3.05, 3.63) is 11.9 Å². The fourth-order valence-corrected chi connectivity index (χ4v) is 8.74. The van der Waals surface area contributed by atoms with Crippen molar-refractivity contribution >= 4 is 11.6 Å². The molecule has 4 saturated carbocycles.